The number of amides is 1. The minimum absolute atomic E-state index is 0.154. The average molecular weight is 446 g/mol. The Morgan fingerprint density at radius 3 is 2.45 bits per heavy atom. The fraction of sp³-hybridized carbons (Fsp3) is 0.536. The van der Waals surface area contributed by atoms with E-state index in [4.69, 9.17) is 4.74 Å². The fourth-order valence-corrected chi connectivity index (χ4v) is 6.60. The summed E-state index contributed by atoms with van der Waals surface area (Å²) >= 11 is 0. The first-order chi connectivity index (χ1) is 16.3. The molecule has 3 fully saturated rings. The number of piperidine rings is 1. The minimum atomic E-state index is -0.175. The van der Waals surface area contributed by atoms with Gasteiger partial charge in [-0.05, 0) is 60.4 Å². The third-order valence-corrected chi connectivity index (χ3v) is 8.43. The normalized spacial score (nSPS) is 25.3. The van der Waals surface area contributed by atoms with Crippen LogP contribution in [0.1, 0.15) is 67.2 Å². The second kappa shape index (κ2) is 9.02. The van der Waals surface area contributed by atoms with Crippen molar-refractivity contribution in [1.82, 2.24) is 9.80 Å². The minimum Gasteiger partial charge on any atom is -0.445 e. The molecule has 0 radical (unpaired) electrons. The summed E-state index contributed by atoms with van der Waals surface area (Å²) in [6, 6.07) is 18.0. The summed E-state index contributed by atoms with van der Waals surface area (Å²) in [5.41, 5.74) is 5.16. The second-order valence-corrected chi connectivity index (χ2v) is 10.2. The SMILES string of the molecule is O=C(OCc1ccccc1)N1CCC2C[C@H]1c1cc(N3CCN(C4CCCC4)CC3)ccc12. The number of carbonyl (C=O) groups is 1. The molecule has 5 heteroatoms. The molecule has 33 heavy (non-hydrogen) atoms. The van der Waals surface area contributed by atoms with E-state index in [1.807, 2.05) is 35.2 Å². The van der Waals surface area contributed by atoms with Crippen LogP contribution < -0.4 is 4.90 Å². The lowest BCUT2D eigenvalue weighted by Crippen LogP contribution is -2.49. The molecule has 0 aromatic heterocycles. The summed E-state index contributed by atoms with van der Waals surface area (Å²) in [4.78, 5) is 20.2. The van der Waals surface area contributed by atoms with E-state index in [1.165, 1.54) is 55.6 Å². The van der Waals surface area contributed by atoms with Crippen molar-refractivity contribution in [2.24, 2.45) is 0 Å². The molecule has 174 valence electrons. The first-order valence-corrected chi connectivity index (χ1v) is 12.9. The highest BCUT2D eigenvalue weighted by Crippen LogP contribution is 2.50. The Kier molecular flexibility index (Phi) is 5.75. The van der Waals surface area contributed by atoms with Crippen LogP contribution in [0.25, 0.3) is 0 Å². The quantitative estimate of drug-likeness (QED) is 0.638. The van der Waals surface area contributed by atoms with Crippen LogP contribution >= 0.6 is 0 Å². The molecule has 2 aliphatic heterocycles. The van der Waals surface area contributed by atoms with Gasteiger partial charge in [0.15, 0.2) is 0 Å². The van der Waals surface area contributed by atoms with E-state index in [9.17, 15) is 4.79 Å². The first-order valence-electron chi connectivity index (χ1n) is 12.9. The van der Waals surface area contributed by atoms with E-state index in [2.05, 4.69) is 28.0 Å². The molecular formula is C28H35N3O2. The van der Waals surface area contributed by atoms with Crippen molar-refractivity contribution < 1.29 is 9.53 Å². The van der Waals surface area contributed by atoms with Gasteiger partial charge in [0, 0.05) is 44.5 Å². The molecule has 2 aromatic carbocycles. The van der Waals surface area contributed by atoms with E-state index in [0.29, 0.717) is 12.5 Å². The van der Waals surface area contributed by atoms with Gasteiger partial charge < -0.3 is 14.5 Å². The van der Waals surface area contributed by atoms with Gasteiger partial charge in [-0.15, -0.1) is 0 Å². The van der Waals surface area contributed by atoms with Gasteiger partial charge in [-0.25, -0.2) is 4.79 Å². The standard InChI is InChI=1S/C28H35N3O2/c32-28(33-20-21-6-2-1-3-7-21)31-13-12-22-18-27(31)26-19-24(10-11-25(22)26)30-16-14-29(15-17-30)23-8-4-5-9-23/h1-3,6-7,10-11,19,22-23,27H,4-5,8-9,12-18,20H2/t22?,27-/m0/s1. The van der Waals surface area contributed by atoms with Crippen molar-refractivity contribution >= 4 is 11.8 Å². The molecule has 1 amide bonds. The molecule has 1 unspecified atom stereocenters. The first kappa shape index (κ1) is 21.0. The van der Waals surface area contributed by atoms with Crippen LogP contribution in [0.3, 0.4) is 0 Å². The molecule has 5 nitrogen and oxygen atoms in total. The molecule has 2 atom stereocenters. The molecule has 0 N–H and O–H groups in total. The van der Waals surface area contributed by atoms with Crippen LogP contribution in [0.4, 0.5) is 10.5 Å². The molecule has 2 saturated heterocycles. The molecule has 4 aliphatic rings. The maximum absolute atomic E-state index is 13.0. The summed E-state index contributed by atoms with van der Waals surface area (Å²) < 4.78 is 5.71. The smallest absolute Gasteiger partial charge is 0.410 e. The molecule has 2 heterocycles. The van der Waals surface area contributed by atoms with Crippen LogP contribution in [-0.2, 0) is 11.3 Å². The molecule has 2 bridgehead atoms. The fourth-order valence-electron chi connectivity index (χ4n) is 6.60. The molecule has 1 saturated carbocycles. The van der Waals surface area contributed by atoms with Crippen molar-refractivity contribution in [3.63, 3.8) is 0 Å². The maximum Gasteiger partial charge on any atom is 0.410 e. The number of nitrogens with zero attached hydrogens (tertiary/aromatic N) is 3. The zero-order chi connectivity index (χ0) is 22.2. The van der Waals surface area contributed by atoms with Crippen LogP contribution in [0.5, 0.6) is 0 Å². The molecule has 0 spiro atoms. The Balaban J connectivity index is 1.14. The number of ether oxygens (including phenoxy) is 1. The maximum atomic E-state index is 13.0. The second-order valence-electron chi connectivity index (χ2n) is 10.2. The number of fused-ring (bicyclic) bond motifs is 5. The topological polar surface area (TPSA) is 36.0 Å². The molecule has 2 aromatic rings. The lowest BCUT2D eigenvalue weighted by atomic mass is 9.96. The number of rotatable bonds is 4. The van der Waals surface area contributed by atoms with Crippen LogP contribution in [0, 0.1) is 0 Å². The van der Waals surface area contributed by atoms with Crippen molar-refractivity contribution in [2.45, 2.75) is 63.1 Å². The number of likely N-dealkylation sites (tertiary alicyclic amines) is 1. The lowest BCUT2D eigenvalue weighted by molar-refractivity contribution is 0.0694. The van der Waals surface area contributed by atoms with Crippen molar-refractivity contribution in [3.05, 3.63) is 65.2 Å². The third-order valence-electron chi connectivity index (χ3n) is 8.43. The van der Waals surface area contributed by atoms with Crippen LogP contribution in [-0.4, -0.2) is 54.7 Å². The molecule has 2 aliphatic carbocycles. The van der Waals surface area contributed by atoms with Gasteiger partial charge in [0.2, 0.25) is 0 Å². The van der Waals surface area contributed by atoms with Gasteiger partial charge in [0.25, 0.3) is 0 Å². The molecular weight excluding hydrogens is 410 g/mol. The summed E-state index contributed by atoms with van der Waals surface area (Å²) in [7, 11) is 0. The average Bonchev–Trinajstić information content (AvgIpc) is 3.51. The monoisotopic (exact) mass is 445 g/mol. The highest BCUT2D eigenvalue weighted by atomic mass is 16.6. The Labute approximate surface area is 197 Å². The number of hydrogen-bond acceptors (Lipinski definition) is 4. The van der Waals surface area contributed by atoms with Gasteiger partial charge in [0.1, 0.15) is 6.61 Å². The van der Waals surface area contributed by atoms with Crippen LogP contribution in [0.15, 0.2) is 48.5 Å². The third kappa shape index (κ3) is 4.12. The van der Waals surface area contributed by atoms with Gasteiger partial charge in [-0.2, -0.15) is 0 Å². The summed E-state index contributed by atoms with van der Waals surface area (Å²) in [5, 5.41) is 0. The predicted octanol–water partition coefficient (Wildman–Crippen LogP) is 5.32. The Morgan fingerprint density at radius 2 is 1.67 bits per heavy atom. The van der Waals surface area contributed by atoms with E-state index in [1.54, 1.807) is 0 Å². The number of carbonyl (C=O) groups excluding carboxylic acids is 1. The van der Waals surface area contributed by atoms with Gasteiger partial charge in [-0.3, -0.25) is 4.90 Å². The summed E-state index contributed by atoms with van der Waals surface area (Å²) in [6.07, 6.45) is 7.48. The zero-order valence-electron chi connectivity index (χ0n) is 19.5. The Bertz CT molecular complexity index is 980. The molecule has 6 rings (SSSR count). The van der Waals surface area contributed by atoms with E-state index >= 15 is 0 Å². The highest BCUT2D eigenvalue weighted by molar-refractivity contribution is 5.70. The van der Waals surface area contributed by atoms with E-state index in [-0.39, 0.29) is 12.1 Å². The lowest BCUT2D eigenvalue weighted by Gasteiger charge is -2.39. The number of benzene rings is 2. The Morgan fingerprint density at radius 1 is 0.879 bits per heavy atom. The highest BCUT2D eigenvalue weighted by Gasteiger charge is 2.41. The number of hydrogen-bond donors (Lipinski definition) is 0. The summed E-state index contributed by atoms with van der Waals surface area (Å²) in [6.45, 7) is 5.67. The largest absolute Gasteiger partial charge is 0.445 e. The van der Waals surface area contributed by atoms with Crippen LogP contribution in [0.2, 0.25) is 0 Å². The zero-order valence-corrected chi connectivity index (χ0v) is 19.5. The van der Waals surface area contributed by atoms with Gasteiger partial charge in [0.05, 0.1) is 6.04 Å². The summed E-state index contributed by atoms with van der Waals surface area (Å²) in [5.74, 6) is 0.580. The van der Waals surface area contributed by atoms with Gasteiger partial charge >= 0.3 is 6.09 Å². The van der Waals surface area contributed by atoms with E-state index < -0.39 is 0 Å². The van der Waals surface area contributed by atoms with E-state index in [0.717, 1.165) is 44.1 Å². The number of anilines is 1. The van der Waals surface area contributed by atoms with Crippen molar-refractivity contribution in [1.29, 1.82) is 0 Å². The van der Waals surface area contributed by atoms with Gasteiger partial charge in [-0.1, -0.05) is 49.2 Å². The number of piperazine rings is 1. The van der Waals surface area contributed by atoms with Crippen molar-refractivity contribution in [2.75, 3.05) is 37.6 Å². The predicted molar refractivity (Wildman–Crippen MR) is 131 cm³/mol. The Hall–Kier alpha value is -2.53. The van der Waals surface area contributed by atoms with Crippen molar-refractivity contribution in [3.8, 4) is 0 Å².